The van der Waals surface area contributed by atoms with Crippen molar-refractivity contribution in [2.24, 2.45) is 0 Å². The molecule has 0 spiro atoms. The molecule has 2 aromatic heterocycles. The van der Waals surface area contributed by atoms with E-state index in [2.05, 4.69) is 72.8 Å². The number of rotatable bonds is 3. The number of benzene rings is 4. The van der Waals surface area contributed by atoms with E-state index in [-0.39, 0.29) is 0 Å². The molecule has 0 aliphatic rings. The van der Waals surface area contributed by atoms with Crippen LogP contribution in [0.2, 0.25) is 0 Å². The maximum atomic E-state index is 5.98. The summed E-state index contributed by atoms with van der Waals surface area (Å²) in [6.45, 7) is 0. The van der Waals surface area contributed by atoms with Crippen LogP contribution in [-0.2, 0) is 0 Å². The lowest BCUT2D eigenvalue weighted by molar-refractivity contribution is 0.631. The normalized spacial score (nSPS) is 11.3. The second kappa shape index (κ2) is 6.78. The maximum absolute atomic E-state index is 5.98. The summed E-state index contributed by atoms with van der Waals surface area (Å²) in [5, 5.41) is 2.25. The summed E-state index contributed by atoms with van der Waals surface area (Å²) >= 11 is 0. The van der Waals surface area contributed by atoms with Crippen molar-refractivity contribution in [1.82, 2.24) is 0 Å². The predicted octanol–water partition coefficient (Wildman–Crippen LogP) is 8.18. The lowest BCUT2D eigenvalue weighted by Crippen LogP contribution is -1.80. The molecule has 0 saturated heterocycles. The molecule has 142 valence electrons. The van der Waals surface area contributed by atoms with E-state index in [1.807, 2.05) is 36.4 Å². The van der Waals surface area contributed by atoms with Crippen molar-refractivity contribution >= 4 is 21.9 Å². The highest BCUT2D eigenvalue weighted by Gasteiger charge is 2.08. The molecule has 0 amide bonds. The summed E-state index contributed by atoms with van der Waals surface area (Å²) in [5.74, 6) is 1.78. The molecule has 0 aliphatic heterocycles. The zero-order valence-electron chi connectivity index (χ0n) is 16.2. The third-order valence-corrected chi connectivity index (χ3v) is 5.52. The molecular formula is C28H18O2. The molecule has 0 fully saturated rings. The van der Waals surface area contributed by atoms with E-state index in [1.54, 1.807) is 0 Å². The van der Waals surface area contributed by atoms with Gasteiger partial charge in [-0.05, 0) is 35.4 Å². The average Bonchev–Trinajstić information content (AvgIpc) is 3.44. The van der Waals surface area contributed by atoms with Gasteiger partial charge in [-0.2, -0.15) is 0 Å². The van der Waals surface area contributed by atoms with Gasteiger partial charge in [-0.3, -0.25) is 0 Å². The zero-order chi connectivity index (χ0) is 19.9. The number of fused-ring (bicyclic) bond motifs is 2. The Morgan fingerprint density at radius 1 is 0.367 bits per heavy atom. The van der Waals surface area contributed by atoms with Crippen LogP contribution in [0.5, 0.6) is 0 Å². The van der Waals surface area contributed by atoms with Gasteiger partial charge in [0.1, 0.15) is 22.7 Å². The summed E-state index contributed by atoms with van der Waals surface area (Å²) in [4.78, 5) is 0. The molecule has 4 aromatic carbocycles. The third-order valence-electron chi connectivity index (χ3n) is 5.52. The largest absolute Gasteiger partial charge is 0.456 e. The summed E-state index contributed by atoms with van der Waals surface area (Å²) in [7, 11) is 0. The fraction of sp³-hybridized carbons (Fsp3) is 0. The molecule has 2 heteroatoms. The van der Waals surface area contributed by atoms with Crippen LogP contribution in [0.4, 0.5) is 0 Å². The van der Waals surface area contributed by atoms with Gasteiger partial charge in [0.05, 0.1) is 0 Å². The van der Waals surface area contributed by atoms with Crippen LogP contribution in [0.3, 0.4) is 0 Å². The Morgan fingerprint density at radius 3 is 1.13 bits per heavy atom. The fourth-order valence-corrected chi connectivity index (χ4v) is 3.90. The molecular weight excluding hydrogens is 368 g/mol. The van der Waals surface area contributed by atoms with Gasteiger partial charge < -0.3 is 8.83 Å². The van der Waals surface area contributed by atoms with E-state index in [1.165, 1.54) is 11.1 Å². The van der Waals surface area contributed by atoms with Gasteiger partial charge in [-0.25, -0.2) is 0 Å². The van der Waals surface area contributed by atoms with Crippen molar-refractivity contribution in [3.63, 3.8) is 0 Å². The van der Waals surface area contributed by atoms with Gasteiger partial charge in [0, 0.05) is 21.9 Å². The molecule has 0 atom stereocenters. The average molecular weight is 386 g/mol. The summed E-state index contributed by atoms with van der Waals surface area (Å²) < 4.78 is 12.0. The smallest absolute Gasteiger partial charge is 0.135 e. The van der Waals surface area contributed by atoms with Crippen LogP contribution in [0, 0.1) is 0 Å². The summed E-state index contributed by atoms with van der Waals surface area (Å²) in [5.41, 5.74) is 6.33. The number of para-hydroxylation sites is 2. The Morgan fingerprint density at radius 2 is 0.733 bits per heavy atom. The third kappa shape index (κ3) is 2.90. The van der Waals surface area contributed by atoms with E-state index in [0.717, 1.165) is 44.6 Å². The second-order valence-electron chi connectivity index (χ2n) is 7.45. The lowest BCUT2D eigenvalue weighted by Gasteiger charge is -2.04. The van der Waals surface area contributed by atoms with Crippen LogP contribution in [0.1, 0.15) is 0 Å². The Hall–Kier alpha value is -4.04. The first-order valence-electron chi connectivity index (χ1n) is 10.0. The van der Waals surface area contributed by atoms with Crippen molar-refractivity contribution in [3.8, 4) is 33.8 Å². The van der Waals surface area contributed by atoms with Crippen molar-refractivity contribution in [3.05, 3.63) is 109 Å². The second-order valence-corrected chi connectivity index (χ2v) is 7.45. The first-order chi connectivity index (χ1) is 14.8. The van der Waals surface area contributed by atoms with Crippen LogP contribution in [0.25, 0.3) is 55.7 Å². The Kier molecular flexibility index (Phi) is 3.82. The van der Waals surface area contributed by atoms with E-state index in [4.69, 9.17) is 8.83 Å². The number of hydrogen-bond acceptors (Lipinski definition) is 2. The van der Waals surface area contributed by atoms with Gasteiger partial charge in [0.2, 0.25) is 0 Å². The molecule has 0 N–H and O–H groups in total. The quantitative estimate of drug-likeness (QED) is 0.306. The first-order valence-corrected chi connectivity index (χ1v) is 10.0. The maximum Gasteiger partial charge on any atom is 0.135 e. The molecule has 2 heterocycles. The van der Waals surface area contributed by atoms with Crippen molar-refractivity contribution in [2.75, 3.05) is 0 Å². The molecule has 0 saturated carbocycles. The Balaban J connectivity index is 1.28. The summed E-state index contributed by atoms with van der Waals surface area (Å²) in [6, 6.07) is 37.4. The van der Waals surface area contributed by atoms with Gasteiger partial charge in [0.15, 0.2) is 0 Å². The topological polar surface area (TPSA) is 26.3 Å². The fourth-order valence-electron chi connectivity index (χ4n) is 3.90. The number of hydrogen-bond donors (Lipinski definition) is 0. The minimum absolute atomic E-state index is 0.892. The van der Waals surface area contributed by atoms with Gasteiger partial charge in [0.25, 0.3) is 0 Å². The molecule has 0 aliphatic carbocycles. The van der Waals surface area contributed by atoms with E-state index >= 15 is 0 Å². The summed E-state index contributed by atoms with van der Waals surface area (Å²) in [6.07, 6.45) is 0. The minimum atomic E-state index is 0.892. The molecule has 0 radical (unpaired) electrons. The molecule has 0 unspecified atom stereocenters. The Labute approximate surface area is 174 Å². The van der Waals surface area contributed by atoms with E-state index in [9.17, 15) is 0 Å². The van der Waals surface area contributed by atoms with Gasteiger partial charge in [-0.15, -0.1) is 0 Å². The first kappa shape index (κ1) is 16.9. The molecule has 6 rings (SSSR count). The monoisotopic (exact) mass is 386 g/mol. The van der Waals surface area contributed by atoms with Crippen molar-refractivity contribution in [1.29, 1.82) is 0 Å². The van der Waals surface area contributed by atoms with E-state index < -0.39 is 0 Å². The SMILES string of the molecule is c1ccc2oc(-c3ccc(-c4ccc(-c5cc6ccccc6o5)cc4)cc3)cc2c1. The Bertz CT molecular complexity index is 1280. The van der Waals surface area contributed by atoms with Crippen LogP contribution < -0.4 is 0 Å². The van der Waals surface area contributed by atoms with Crippen molar-refractivity contribution < 1.29 is 8.83 Å². The van der Waals surface area contributed by atoms with Crippen molar-refractivity contribution in [2.45, 2.75) is 0 Å². The predicted molar refractivity (Wildman–Crippen MR) is 122 cm³/mol. The van der Waals surface area contributed by atoms with Crippen LogP contribution >= 0.6 is 0 Å². The molecule has 0 bridgehead atoms. The van der Waals surface area contributed by atoms with Gasteiger partial charge >= 0.3 is 0 Å². The standard InChI is InChI=1S/C28H18O2/c1-3-7-25-23(5-1)17-27(29-25)21-13-9-19(10-14-21)20-11-15-22(16-12-20)28-18-24-6-2-4-8-26(24)30-28/h1-18H. The van der Waals surface area contributed by atoms with E-state index in [0.29, 0.717) is 0 Å². The molecule has 30 heavy (non-hydrogen) atoms. The lowest BCUT2D eigenvalue weighted by atomic mass is 10.0. The van der Waals surface area contributed by atoms with Gasteiger partial charge in [-0.1, -0.05) is 84.9 Å². The highest BCUT2D eigenvalue weighted by atomic mass is 16.3. The number of furan rings is 2. The molecule has 6 aromatic rings. The minimum Gasteiger partial charge on any atom is -0.456 e. The van der Waals surface area contributed by atoms with Crippen LogP contribution in [0.15, 0.2) is 118 Å². The zero-order valence-corrected chi connectivity index (χ0v) is 16.2. The highest BCUT2D eigenvalue weighted by Crippen LogP contribution is 2.32. The molecule has 2 nitrogen and oxygen atoms in total. The van der Waals surface area contributed by atoms with Crippen LogP contribution in [-0.4, -0.2) is 0 Å². The highest BCUT2D eigenvalue weighted by molar-refractivity contribution is 5.84.